The van der Waals surface area contributed by atoms with Gasteiger partial charge in [-0.15, -0.1) is 0 Å². The standard InChI is InChI=1S/C21H27N5O2/c1-4-25-13-17(15(2)23-25)20(28)24-11-9-21(10-12-24)14-26(16(3)27)19-8-6-5-7-18(19)22-21/h5-8,13,22H,4,9-12,14H2,1-3H3. The Kier molecular flexibility index (Phi) is 4.61. The van der Waals surface area contributed by atoms with Crippen molar-refractivity contribution >= 4 is 23.2 Å². The number of nitrogens with one attached hydrogen (secondary N) is 1. The highest BCUT2D eigenvalue weighted by Crippen LogP contribution is 2.39. The van der Waals surface area contributed by atoms with Crippen molar-refractivity contribution in [3.63, 3.8) is 0 Å². The van der Waals surface area contributed by atoms with Crippen molar-refractivity contribution in [2.75, 3.05) is 29.9 Å². The number of hydrogen-bond acceptors (Lipinski definition) is 4. The van der Waals surface area contributed by atoms with Gasteiger partial charge in [-0.2, -0.15) is 5.10 Å². The minimum Gasteiger partial charge on any atom is -0.376 e. The molecule has 7 nitrogen and oxygen atoms in total. The predicted molar refractivity (Wildman–Crippen MR) is 109 cm³/mol. The fourth-order valence-corrected chi connectivity index (χ4v) is 4.29. The van der Waals surface area contributed by atoms with Crippen LogP contribution in [0.3, 0.4) is 0 Å². The molecule has 4 rings (SSSR count). The number of carbonyl (C=O) groups is 2. The minimum atomic E-state index is -0.195. The molecular formula is C21H27N5O2. The summed E-state index contributed by atoms with van der Waals surface area (Å²) in [6, 6.07) is 7.93. The van der Waals surface area contributed by atoms with Crippen molar-refractivity contribution in [2.24, 2.45) is 0 Å². The van der Waals surface area contributed by atoms with Gasteiger partial charge >= 0.3 is 0 Å². The SMILES string of the molecule is CCn1cc(C(=O)N2CCC3(CC2)CN(C(C)=O)c2ccccc2N3)c(C)n1. The fourth-order valence-electron chi connectivity index (χ4n) is 4.29. The zero-order valence-electron chi connectivity index (χ0n) is 16.7. The molecule has 1 aromatic heterocycles. The van der Waals surface area contributed by atoms with Gasteiger partial charge in [-0.25, -0.2) is 0 Å². The van der Waals surface area contributed by atoms with E-state index in [2.05, 4.69) is 10.4 Å². The van der Waals surface area contributed by atoms with Crippen molar-refractivity contribution < 1.29 is 9.59 Å². The quantitative estimate of drug-likeness (QED) is 0.868. The lowest BCUT2D eigenvalue weighted by Gasteiger charge is -2.48. The molecule has 7 heteroatoms. The van der Waals surface area contributed by atoms with Gasteiger partial charge in [0.2, 0.25) is 5.91 Å². The normalized spacial score (nSPS) is 18.0. The van der Waals surface area contributed by atoms with Crippen LogP contribution in [0.2, 0.25) is 0 Å². The van der Waals surface area contributed by atoms with Crippen LogP contribution in [0.4, 0.5) is 11.4 Å². The summed E-state index contributed by atoms with van der Waals surface area (Å²) in [7, 11) is 0. The molecule has 1 saturated heterocycles. The maximum absolute atomic E-state index is 13.0. The first-order chi connectivity index (χ1) is 13.4. The number of piperidine rings is 1. The van der Waals surface area contributed by atoms with Crippen LogP contribution in [0.1, 0.15) is 42.7 Å². The Balaban J connectivity index is 1.51. The molecule has 1 aromatic carbocycles. The molecule has 0 unspecified atom stereocenters. The fraction of sp³-hybridized carbons (Fsp3) is 0.476. The molecule has 1 N–H and O–H groups in total. The zero-order valence-corrected chi connectivity index (χ0v) is 16.7. The number of aryl methyl sites for hydroxylation is 2. The monoisotopic (exact) mass is 381 g/mol. The van der Waals surface area contributed by atoms with Gasteiger partial charge in [-0.3, -0.25) is 14.3 Å². The Labute approximate surface area is 165 Å². The summed E-state index contributed by atoms with van der Waals surface area (Å²) in [5.41, 5.74) is 3.19. The number of rotatable bonds is 2. The Bertz CT molecular complexity index is 911. The first-order valence-electron chi connectivity index (χ1n) is 9.91. The Morgan fingerprint density at radius 2 is 1.93 bits per heavy atom. The molecule has 28 heavy (non-hydrogen) atoms. The Hall–Kier alpha value is -2.83. The molecule has 0 atom stereocenters. The smallest absolute Gasteiger partial charge is 0.257 e. The maximum atomic E-state index is 13.0. The summed E-state index contributed by atoms with van der Waals surface area (Å²) >= 11 is 0. The van der Waals surface area contributed by atoms with Crippen LogP contribution in [-0.4, -0.2) is 51.7 Å². The number of anilines is 2. The number of hydrogen-bond donors (Lipinski definition) is 1. The van der Waals surface area contributed by atoms with E-state index in [1.165, 1.54) is 0 Å². The highest BCUT2D eigenvalue weighted by Gasteiger charge is 2.42. The third-order valence-electron chi connectivity index (χ3n) is 5.94. The van der Waals surface area contributed by atoms with Gasteiger partial charge in [-0.1, -0.05) is 12.1 Å². The number of amides is 2. The van der Waals surface area contributed by atoms with Crippen molar-refractivity contribution in [3.05, 3.63) is 41.7 Å². The summed E-state index contributed by atoms with van der Waals surface area (Å²) in [6.07, 6.45) is 3.45. The van der Waals surface area contributed by atoms with Crippen LogP contribution in [0.15, 0.2) is 30.5 Å². The molecule has 0 bridgehead atoms. The van der Waals surface area contributed by atoms with E-state index in [9.17, 15) is 9.59 Å². The van der Waals surface area contributed by atoms with E-state index in [0.29, 0.717) is 25.2 Å². The van der Waals surface area contributed by atoms with E-state index in [1.807, 2.05) is 54.1 Å². The number of para-hydroxylation sites is 2. The summed E-state index contributed by atoms with van der Waals surface area (Å²) in [4.78, 5) is 29.0. The molecular weight excluding hydrogens is 354 g/mol. The lowest BCUT2D eigenvalue weighted by Crippen LogP contribution is -2.59. The van der Waals surface area contributed by atoms with E-state index in [0.717, 1.165) is 36.5 Å². The van der Waals surface area contributed by atoms with Crippen LogP contribution < -0.4 is 10.2 Å². The Morgan fingerprint density at radius 3 is 2.57 bits per heavy atom. The molecule has 0 aliphatic carbocycles. The number of benzene rings is 1. The van der Waals surface area contributed by atoms with Gasteiger partial charge < -0.3 is 15.1 Å². The average molecular weight is 381 g/mol. The van der Waals surface area contributed by atoms with Crippen LogP contribution in [-0.2, 0) is 11.3 Å². The van der Waals surface area contributed by atoms with Gasteiger partial charge in [-0.05, 0) is 38.8 Å². The maximum Gasteiger partial charge on any atom is 0.257 e. The number of fused-ring (bicyclic) bond motifs is 1. The van der Waals surface area contributed by atoms with Crippen LogP contribution in [0.5, 0.6) is 0 Å². The predicted octanol–water partition coefficient (Wildman–Crippen LogP) is 2.66. The average Bonchev–Trinajstić information content (AvgIpc) is 3.08. The van der Waals surface area contributed by atoms with Crippen LogP contribution >= 0.6 is 0 Å². The van der Waals surface area contributed by atoms with Crippen molar-refractivity contribution in [1.82, 2.24) is 14.7 Å². The molecule has 1 fully saturated rings. The summed E-state index contributed by atoms with van der Waals surface area (Å²) in [5, 5.41) is 8.07. The molecule has 0 saturated carbocycles. The van der Waals surface area contributed by atoms with Crippen LogP contribution in [0.25, 0.3) is 0 Å². The molecule has 0 radical (unpaired) electrons. The second kappa shape index (κ2) is 6.96. The highest BCUT2D eigenvalue weighted by atomic mass is 16.2. The van der Waals surface area contributed by atoms with E-state index in [4.69, 9.17) is 0 Å². The third-order valence-corrected chi connectivity index (χ3v) is 5.94. The van der Waals surface area contributed by atoms with Gasteiger partial charge in [0.1, 0.15) is 0 Å². The summed E-state index contributed by atoms with van der Waals surface area (Å²) in [6.45, 7) is 8.22. The van der Waals surface area contributed by atoms with E-state index >= 15 is 0 Å². The number of likely N-dealkylation sites (tertiary alicyclic amines) is 1. The second-order valence-electron chi connectivity index (χ2n) is 7.80. The lowest BCUT2D eigenvalue weighted by molar-refractivity contribution is -0.116. The van der Waals surface area contributed by atoms with E-state index in [1.54, 1.807) is 11.6 Å². The number of aromatic nitrogens is 2. The van der Waals surface area contributed by atoms with E-state index in [-0.39, 0.29) is 17.4 Å². The van der Waals surface area contributed by atoms with Crippen molar-refractivity contribution in [2.45, 2.75) is 45.7 Å². The number of carbonyl (C=O) groups excluding carboxylic acids is 2. The summed E-state index contributed by atoms with van der Waals surface area (Å²) in [5.74, 6) is 0.0983. The molecule has 3 heterocycles. The van der Waals surface area contributed by atoms with Gasteiger partial charge in [0, 0.05) is 39.3 Å². The lowest BCUT2D eigenvalue weighted by atomic mass is 9.84. The van der Waals surface area contributed by atoms with E-state index < -0.39 is 0 Å². The molecule has 2 aliphatic heterocycles. The minimum absolute atomic E-state index is 0.0479. The molecule has 2 amide bonds. The summed E-state index contributed by atoms with van der Waals surface area (Å²) < 4.78 is 1.80. The zero-order chi connectivity index (χ0) is 19.9. The number of nitrogens with zero attached hydrogens (tertiary/aromatic N) is 4. The first-order valence-corrected chi connectivity index (χ1v) is 9.91. The Morgan fingerprint density at radius 1 is 1.21 bits per heavy atom. The van der Waals surface area contributed by atoms with Gasteiger partial charge in [0.15, 0.2) is 0 Å². The van der Waals surface area contributed by atoms with Gasteiger partial charge in [0.25, 0.3) is 5.91 Å². The molecule has 2 aromatic rings. The highest BCUT2D eigenvalue weighted by molar-refractivity contribution is 5.97. The van der Waals surface area contributed by atoms with Crippen molar-refractivity contribution in [3.8, 4) is 0 Å². The molecule has 148 valence electrons. The molecule has 2 aliphatic rings. The first kappa shape index (κ1) is 18.5. The van der Waals surface area contributed by atoms with Crippen LogP contribution in [0, 0.1) is 6.92 Å². The topological polar surface area (TPSA) is 70.5 Å². The molecule has 1 spiro atoms. The van der Waals surface area contributed by atoms with Gasteiger partial charge in [0.05, 0.1) is 28.2 Å². The largest absolute Gasteiger partial charge is 0.376 e. The second-order valence-corrected chi connectivity index (χ2v) is 7.80. The van der Waals surface area contributed by atoms with Crippen molar-refractivity contribution in [1.29, 1.82) is 0 Å². The third kappa shape index (κ3) is 3.15.